The highest BCUT2D eigenvalue weighted by Crippen LogP contribution is 2.26. The van der Waals surface area contributed by atoms with Crippen LogP contribution in [0.3, 0.4) is 0 Å². The van der Waals surface area contributed by atoms with Crippen LogP contribution in [0.15, 0.2) is 30.9 Å². The molecule has 0 saturated heterocycles. The maximum atomic E-state index is 9.25. The summed E-state index contributed by atoms with van der Waals surface area (Å²) in [6, 6.07) is 5.27. The largest absolute Gasteiger partial charge is 0.504 e. The summed E-state index contributed by atoms with van der Waals surface area (Å²) in [6.45, 7) is 3.63. The molecule has 0 bridgehead atoms. The number of aromatic hydroxyl groups is 1. The Kier molecular flexibility index (Phi) is 6.53. The third-order valence-electron chi connectivity index (χ3n) is 1.62. The predicted octanol–water partition coefficient (Wildman–Crippen LogP) is 1.20. The van der Waals surface area contributed by atoms with Gasteiger partial charge in [0.25, 0.3) is 0 Å². The Balaban J connectivity index is 0.000000437. The molecule has 6 nitrogen and oxygen atoms in total. The van der Waals surface area contributed by atoms with Gasteiger partial charge < -0.3 is 24.5 Å². The van der Waals surface area contributed by atoms with Gasteiger partial charge in [0.15, 0.2) is 11.5 Å². The Hall–Kier alpha value is -1.33. The van der Waals surface area contributed by atoms with E-state index < -0.39 is 7.82 Å². The van der Waals surface area contributed by atoms with Crippen LogP contribution in [0, 0.1) is 0 Å². The highest BCUT2D eigenvalue weighted by Gasteiger charge is 2.00. The fraction of sp³-hybridized carbons (Fsp3) is 0.200. The summed E-state index contributed by atoms with van der Waals surface area (Å²) in [7, 11) is -3.10. The number of phosphoric acid groups is 1. The zero-order valence-electron chi connectivity index (χ0n) is 9.28. The van der Waals surface area contributed by atoms with Crippen molar-refractivity contribution < 1.29 is 29.1 Å². The summed E-state index contributed by atoms with van der Waals surface area (Å²) in [6.07, 6.45) is 2.60. The van der Waals surface area contributed by atoms with Gasteiger partial charge in [-0.25, -0.2) is 4.57 Å². The first kappa shape index (κ1) is 15.7. The van der Waals surface area contributed by atoms with Crippen molar-refractivity contribution in [3.05, 3.63) is 36.4 Å². The minimum absolute atomic E-state index is 0.172. The standard InChI is InChI=1S/C10H12O2.H3O4P/c1-3-4-8-5-6-9(11)10(7-8)12-2;1-5(2,3)4/h3,5-7,11H,1,4H2,2H3;(H3,1,2,3,4). The lowest BCUT2D eigenvalue weighted by Gasteiger charge is -2.04. The molecule has 0 aliphatic heterocycles. The van der Waals surface area contributed by atoms with Crippen LogP contribution in [0.5, 0.6) is 11.5 Å². The molecular formula is C10H15O6P. The number of phenolic OH excluding ortho intramolecular Hbond substituents is 1. The minimum atomic E-state index is -4.64. The van der Waals surface area contributed by atoms with Crippen molar-refractivity contribution in [1.29, 1.82) is 0 Å². The smallest absolute Gasteiger partial charge is 0.466 e. The van der Waals surface area contributed by atoms with Crippen LogP contribution in [0.1, 0.15) is 5.56 Å². The van der Waals surface area contributed by atoms with E-state index in [9.17, 15) is 5.11 Å². The van der Waals surface area contributed by atoms with Crippen molar-refractivity contribution in [3.63, 3.8) is 0 Å². The van der Waals surface area contributed by atoms with Gasteiger partial charge in [0.05, 0.1) is 7.11 Å². The molecule has 0 unspecified atom stereocenters. The third-order valence-corrected chi connectivity index (χ3v) is 1.62. The Morgan fingerprint density at radius 1 is 1.41 bits per heavy atom. The van der Waals surface area contributed by atoms with Gasteiger partial charge in [0, 0.05) is 0 Å². The third kappa shape index (κ3) is 8.47. The van der Waals surface area contributed by atoms with Gasteiger partial charge in [-0.2, -0.15) is 0 Å². The maximum Gasteiger partial charge on any atom is 0.466 e. The van der Waals surface area contributed by atoms with Crippen molar-refractivity contribution in [2.45, 2.75) is 6.42 Å². The molecule has 0 spiro atoms. The number of methoxy groups -OCH3 is 1. The summed E-state index contributed by atoms with van der Waals surface area (Å²) in [5, 5.41) is 9.25. The van der Waals surface area contributed by atoms with Crippen LogP contribution in [0.2, 0.25) is 0 Å². The zero-order chi connectivity index (χ0) is 13.5. The Labute approximate surface area is 99.0 Å². The number of ether oxygens (including phenoxy) is 1. The molecule has 17 heavy (non-hydrogen) atoms. The molecule has 0 atom stereocenters. The Morgan fingerprint density at radius 2 is 1.94 bits per heavy atom. The van der Waals surface area contributed by atoms with E-state index in [0.717, 1.165) is 12.0 Å². The predicted molar refractivity (Wildman–Crippen MR) is 62.8 cm³/mol. The SMILES string of the molecule is C=CCc1ccc(O)c(OC)c1.O=P(O)(O)O. The summed E-state index contributed by atoms with van der Waals surface area (Å²) < 4.78 is 13.8. The van der Waals surface area contributed by atoms with Crippen LogP contribution in [0.4, 0.5) is 0 Å². The van der Waals surface area contributed by atoms with Crippen molar-refractivity contribution in [1.82, 2.24) is 0 Å². The van der Waals surface area contributed by atoms with Crippen molar-refractivity contribution >= 4 is 7.82 Å². The summed E-state index contributed by atoms with van der Waals surface area (Å²) >= 11 is 0. The second-order valence-electron chi connectivity index (χ2n) is 3.01. The lowest BCUT2D eigenvalue weighted by Crippen LogP contribution is -1.86. The van der Waals surface area contributed by atoms with Gasteiger partial charge in [-0.3, -0.25) is 0 Å². The van der Waals surface area contributed by atoms with Gasteiger partial charge in [-0.05, 0) is 24.1 Å². The van der Waals surface area contributed by atoms with Gasteiger partial charge in [0.1, 0.15) is 0 Å². The molecule has 0 radical (unpaired) electrons. The van der Waals surface area contributed by atoms with Gasteiger partial charge in [-0.15, -0.1) is 6.58 Å². The van der Waals surface area contributed by atoms with Gasteiger partial charge in [-0.1, -0.05) is 12.1 Å². The van der Waals surface area contributed by atoms with E-state index in [1.165, 1.54) is 7.11 Å². The van der Waals surface area contributed by atoms with Crippen molar-refractivity contribution in [3.8, 4) is 11.5 Å². The average Bonchev–Trinajstić information content (AvgIpc) is 2.19. The summed E-state index contributed by atoms with van der Waals surface area (Å²) in [5.41, 5.74) is 1.08. The maximum absolute atomic E-state index is 9.25. The molecule has 0 heterocycles. The van der Waals surface area contributed by atoms with Crippen LogP contribution < -0.4 is 4.74 Å². The number of phenols is 1. The molecule has 96 valence electrons. The first-order valence-corrected chi connectivity index (χ1v) is 6.09. The molecule has 0 aromatic heterocycles. The number of allylic oxidation sites excluding steroid dienone is 1. The molecule has 0 amide bonds. The molecule has 0 fully saturated rings. The van der Waals surface area contributed by atoms with E-state index in [1.54, 1.807) is 12.1 Å². The molecule has 0 aliphatic carbocycles. The molecule has 1 rings (SSSR count). The lowest BCUT2D eigenvalue weighted by atomic mass is 10.1. The second-order valence-corrected chi connectivity index (χ2v) is 4.04. The molecule has 1 aromatic carbocycles. The van der Waals surface area contributed by atoms with E-state index in [1.807, 2.05) is 12.1 Å². The van der Waals surface area contributed by atoms with Crippen molar-refractivity contribution in [2.75, 3.05) is 7.11 Å². The molecule has 7 heteroatoms. The molecule has 4 N–H and O–H groups in total. The van der Waals surface area contributed by atoms with E-state index in [2.05, 4.69) is 6.58 Å². The lowest BCUT2D eigenvalue weighted by molar-refractivity contribution is 0.275. The normalized spacial score (nSPS) is 10.1. The number of hydrogen-bond donors (Lipinski definition) is 4. The molecular weight excluding hydrogens is 247 g/mol. The fourth-order valence-corrected chi connectivity index (χ4v) is 1.02. The highest BCUT2D eigenvalue weighted by molar-refractivity contribution is 7.45. The molecule has 1 aromatic rings. The van der Waals surface area contributed by atoms with Crippen molar-refractivity contribution in [2.24, 2.45) is 0 Å². The molecule has 0 saturated carbocycles. The zero-order valence-corrected chi connectivity index (χ0v) is 10.2. The summed E-state index contributed by atoms with van der Waals surface area (Å²) in [5.74, 6) is 0.680. The Bertz CT molecular complexity index is 403. The minimum Gasteiger partial charge on any atom is -0.504 e. The highest BCUT2D eigenvalue weighted by atomic mass is 31.2. The second kappa shape index (κ2) is 7.09. The monoisotopic (exact) mass is 262 g/mol. The van der Waals surface area contributed by atoms with Crippen LogP contribution in [-0.4, -0.2) is 26.9 Å². The van der Waals surface area contributed by atoms with E-state index in [0.29, 0.717) is 5.75 Å². The quantitative estimate of drug-likeness (QED) is 0.481. The first-order valence-electron chi connectivity index (χ1n) is 4.53. The summed E-state index contributed by atoms with van der Waals surface area (Å²) in [4.78, 5) is 21.6. The number of benzene rings is 1. The van der Waals surface area contributed by atoms with Gasteiger partial charge >= 0.3 is 7.82 Å². The van der Waals surface area contributed by atoms with Crippen LogP contribution in [-0.2, 0) is 11.0 Å². The van der Waals surface area contributed by atoms with Gasteiger partial charge in [0.2, 0.25) is 0 Å². The first-order chi connectivity index (χ1) is 7.77. The van der Waals surface area contributed by atoms with E-state index >= 15 is 0 Å². The number of rotatable bonds is 3. The van der Waals surface area contributed by atoms with Crippen LogP contribution >= 0.6 is 7.82 Å². The average molecular weight is 262 g/mol. The Morgan fingerprint density at radius 3 is 2.35 bits per heavy atom. The van der Waals surface area contributed by atoms with E-state index in [4.69, 9.17) is 24.0 Å². The van der Waals surface area contributed by atoms with E-state index in [-0.39, 0.29) is 5.75 Å². The molecule has 0 aliphatic rings. The topological polar surface area (TPSA) is 107 Å². The fourth-order valence-electron chi connectivity index (χ4n) is 1.02. The van der Waals surface area contributed by atoms with Crippen LogP contribution in [0.25, 0.3) is 0 Å². The number of hydrogen-bond acceptors (Lipinski definition) is 3.